The van der Waals surface area contributed by atoms with Gasteiger partial charge in [0, 0.05) is 12.2 Å². The van der Waals surface area contributed by atoms with Crippen LogP contribution in [0.5, 0.6) is 0 Å². The summed E-state index contributed by atoms with van der Waals surface area (Å²) in [4.78, 5) is 8.71. The Labute approximate surface area is 85.0 Å². The first-order valence-corrected chi connectivity index (χ1v) is 5.29. The Hall–Kier alpha value is -0.960. The molecule has 2 heterocycles. The molecule has 0 spiro atoms. The molecule has 0 bridgehead atoms. The number of nitrogens with zero attached hydrogens (tertiary/aromatic N) is 2. The highest BCUT2D eigenvalue weighted by molar-refractivity contribution is 5.27. The molecule has 76 valence electrons. The van der Waals surface area contributed by atoms with E-state index >= 15 is 0 Å². The van der Waals surface area contributed by atoms with Gasteiger partial charge in [-0.05, 0) is 30.9 Å². The Kier molecular flexibility index (Phi) is 2.77. The first-order chi connectivity index (χ1) is 6.77. The molecule has 0 aromatic carbocycles. The lowest BCUT2D eigenvalue weighted by Crippen LogP contribution is -2.26. The van der Waals surface area contributed by atoms with Gasteiger partial charge in [-0.25, -0.2) is 9.97 Å². The summed E-state index contributed by atoms with van der Waals surface area (Å²) in [6, 6.07) is 0. The molecular weight excluding hydrogens is 174 g/mol. The van der Waals surface area contributed by atoms with Crippen molar-refractivity contribution in [1.82, 2.24) is 15.3 Å². The van der Waals surface area contributed by atoms with Crippen LogP contribution < -0.4 is 5.32 Å². The molecule has 1 aromatic rings. The topological polar surface area (TPSA) is 37.8 Å². The third-order valence-corrected chi connectivity index (χ3v) is 2.57. The van der Waals surface area contributed by atoms with Crippen molar-refractivity contribution in [2.24, 2.45) is 5.92 Å². The van der Waals surface area contributed by atoms with E-state index in [1.165, 1.54) is 17.0 Å². The summed E-state index contributed by atoms with van der Waals surface area (Å²) in [6.45, 7) is 6.43. The van der Waals surface area contributed by atoms with Gasteiger partial charge in [0.25, 0.3) is 0 Å². The van der Waals surface area contributed by atoms with Gasteiger partial charge in [0.15, 0.2) is 0 Å². The Bertz CT molecular complexity index is 320. The van der Waals surface area contributed by atoms with Crippen molar-refractivity contribution in [2.75, 3.05) is 6.54 Å². The van der Waals surface area contributed by atoms with Crippen LogP contribution in [0.4, 0.5) is 0 Å². The van der Waals surface area contributed by atoms with Crippen LogP contribution in [-0.2, 0) is 19.4 Å². The molecule has 0 atom stereocenters. The van der Waals surface area contributed by atoms with E-state index in [1.54, 1.807) is 6.33 Å². The third-order valence-electron chi connectivity index (χ3n) is 2.57. The van der Waals surface area contributed by atoms with E-state index in [0.29, 0.717) is 5.92 Å². The number of rotatable bonds is 2. The van der Waals surface area contributed by atoms with E-state index < -0.39 is 0 Å². The molecule has 1 aliphatic rings. The van der Waals surface area contributed by atoms with Gasteiger partial charge in [-0.1, -0.05) is 13.8 Å². The summed E-state index contributed by atoms with van der Waals surface area (Å²) in [5, 5.41) is 3.33. The van der Waals surface area contributed by atoms with E-state index in [1.807, 2.05) is 0 Å². The summed E-state index contributed by atoms with van der Waals surface area (Å²) in [5.74, 6) is 0.670. The Morgan fingerprint density at radius 3 is 3.07 bits per heavy atom. The Morgan fingerprint density at radius 2 is 2.29 bits per heavy atom. The highest BCUT2D eigenvalue weighted by atomic mass is 14.9. The van der Waals surface area contributed by atoms with E-state index in [9.17, 15) is 0 Å². The first kappa shape index (κ1) is 9.59. The lowest BCUT2D eigenvalue weighted by molar-refractivity contribution is 0.587. The maximum Gasteiger partial charge on any atom is 0.116 e. The quantitative estimate of drug-likeness (QED) is 0.766. The highest BCUT2D eigenvalue weighted by Crippen LogP contribution is 2.17. The molecule has 0 radical (unpaired) electrons. The molecule has 3 heteroatoms. The van der Waals surface area contributed by atoms with Crippen LogP contribution in [0, 0.1) is 5.92 Å². The van der Waals surface area contributed by atoms with Gasteiger partial charge >= 0.3 is 0 Å². The zero-order valence-corrected chi connectivity index (χ0v) is 8.88. The van der Waals surface area contributed by atoms with Crippen molar-refractivity contribution < 1.29 is 0 Å². The molecule has 3 nitrogen and oxygen atoms in total. The monoisotopic (exact) mass is 191 g/mol. The van der Waals surface area contributed by atoms with Crippen molar-refractivity contribution >= 4 is 0 Å². The lowest BCUT2D eigenvalue weighted by atomic mass is 9.98. The fraction of sp³-hybridized carbons (Fsp3) is 0.636. The van der Waals surface area contributed by atoms with Crippen LogP contribution in [0.25, 0.3) is 0 Å². The van der Waals surface area contributed by atoms with Gasteiger partial charge in [-0.15, -0.1) is 0 Å². The second-order valence-corrected chi connectivity index (χ2v) is 4.27. The molecule has 2 rings (SSSR count). The van der Waals surface area contributed by atoms with E-state index in [4.69, 9.17) is 0 Å². The average molecular weight is 191 g/mol. The van der Waals surface area contributed by atoms with Crippen molar-refractivity contribution in [1.29, 1.82) is 0 Å². The molecular formula is C11H17N3. The van der Waals surface area contributed by atoms with Gasteiger partial charge in [-0.3, -0.25) is 0 Å². The second kappa shape index (κ2) is 4.05. The minimum Gasteiger partial charge on any atom is -0.311 e. The zero-order chi connectivity index (χ0) is 9.97. The summed E-state index contributed by atoms with van der Waals surface area (Å²) in [5.41, 5.74) is 3.84. The Morgan fingerprint density at radius 1 is 1.43 bits per heavy atom. The minimum atomic E-state index is 0.670. The number of aromatic nitrogens is 2. The SMILES string of the molecule is CC(C)Cc1ncnc2c1CCNC2. The third kappa shape index (κ3) is 1.93. The summed E-state index contributed by atoms with van der Waals surface area (Å²) < 4.78 is 0. The molecule has 0 amide bonds. The number of hydrogen-bond donors (Lipinski definition) is 1. The first-order valence-electron chi connectivity index (χ1n) is 5.29. The molecule has 0 aliphatic carbocycles. The van der Waals surface area contributed by atoms with Crippen molar-refractivity contribution in [3.8, 4) is 0 Å². The molecule has 14 heavy (non-hydrogen) atoms. The molecule has 1 aliphatic heterocycles. The summed E-state index contributed by atoms with van der Waals surface area (Å²) >= 11 is 0. The van der Waals surface area contributed by atoms with Gasteiger partial charge in [0.1, 0.15) is 6.33 Å². The van der Waals surface area contributed by atoms with Crippen molar-refractivity contribution in [3.63, 3.8) is 0 Å². The van der Waals surface area contributed by atoms with Gasteiger partial charge in [-0.2, -0.15) is 0 Å². The molecule has 0 unspecified atom stereocenters. The maximum absolute atomic E-state index is 4.39. The molecule has 1 aromatic heterocycles. The lowest BCUT2D eigenvalue weighted by Gasteiger charge is -2.19. The minimum absolute atomic E-state index is 0.670. The highest BCUT2D eigenvalue weighted by Gasteiger charge is 2.15. The van der Waals surface area contributed by atoms with Gasteiger partial charge < -0.3 is 5.32 Å². The van der Waals surface area contributed by atoms with Crippen LogP contribution >= 0.6 is 0 Å². The molecule has 0 saturated heterocycles. The standard InChI is InChI=1S/C11H17N3/c1-8(2)5-10-9-3-4-12-6-11(9)14-7-13-10/h7-8,12H,3-6H2,1-2H3. The van der Waals surface area contributed by atoms with Crippen LogP contribution in [0.3, 0.4) is 0 Å². The molecule has 0 saturated carbocycles. The molecule has 0 fully saturated rings. The number of nitrogens with one attached hydrogen (secondary N) is 1. The van der Waals surface area contributed by atoms with Gasteiger partial charge in [0.05, 0.1) is 5.69 Å². The van der Waals surface area contributed by atoms with Crippen molar-refractivity contribution in [2.45, 2.75) is 33.2 Å². The number of hydrogen-bond acceptors (Lipinski definition) is 3. The normalized spacial score (nSPS) is 15.6. The smallest absolute Gasteiger partial charge is 0.116 e. The largest absolute Gasteiger partial charge is 0.311 e. The average Bonchev–Trinajstić information content (AvgIpc) is 2.18. The predicted octanol–water partition coefficient (Wildman–Crippen LogP) is 1.32. The van der Waals surface area contributed by atoms with E-state index in [2.05, 4.69) is 29.1 Å². The van der Waals surface area contributed by atoms with Crippen LogP contribution in [0.2, 0.25) is 0 Å². The number of fused-ring (bicyclic) bond motifs is 1. The second-order valence-electron chi connectivity index (χ2n) is 4.27. The molecule has 1 N–H and O–H groups in total. The van der Waals surface area contributed by atoms with E-state index in [-0.39, 0.29) is 0 Å². The summed E-state index contributed by atoms with van der Waals surface area (Å²) in [6.07, 6.45) is 3.85. The summed E-state index contributed by atoms with van der Waals surface area (Å²) in [7, 11) is 0. The van der Waals surface area contributed by atoms with Crippen LogP contribution in [-0.4, -0.2) is 16.5 Å². The van der Waals surface area contributed by atoms with E-state index in [0.717, 1.165) is 25.9 Å². The zero-order valence-electron chi connectivity index (χ0n) is 8.88. The Balaban J connectivity index is 2.30. The fourth-order valence-electron chi connectivity index (χ4n) is 1.91. The van der Waals surface area contributed by atoms with Crippen LogP contribution in [0.15, 0.2) is 6.33 Å². The maximum atomic E-state index is 4.39. The predicted molar refractivity (Wildman–Crippen MR) is 56.0 cm³/mol. The van der Waals surface area contributed by atoms with Crippen LogP contribution in [0.1, 0.15) is 30.8 Å². The van der Waals surface area contributed by atoms with Crippen molar-refractivity contribution in [3.05, 3.63) is 23.3 Å². The fourth-order valence-corrected chi connectivity index (χ4v) is 1.91. The van der Waals surface area contributed by atoms with Gasteiger partial charge in [0.2, 0.25) is 0 Å².